The Hall–Kier alpha value is -1.73. The summed E-state index contributed by atoms with van der Waals surface area (Å²) in [6, 6.07) is 8.71. The molecule has 1 fully saturated rings. The van der Waals surface area contributed by atoms with Crippen molar-refractivity contribution in [2.45, 2.75) is 97.0 Å². The number of hydrogen-bond donors (Lipinski definition) is 3. The SMILES string of the molecule is CCOC(=O)C(CP(=O)(O)C(CC1CCCCC1)NC(CCCCN)C(=O)OCc1ccccc1)C(C)C. The third-order valence-electron chi connectivity index (χ3n) is 7.47. The summed E-state index contributed by atoms with van der Waals surface area (Å²) in [6.45, 7) is 6.32. The van der Waals surface area contributed by atoms with Gasteiger partial charge in [0.05, 0.1) is 18.3 Å². The molecule has 0 amide bonds. The van der Waals surface area contributed by atoms with Crippen LogP contribution < -0.4 is 11.1 Å². The van der Waals surface area contributed by atoms with Crippen LogP contribution in [-0.4, -0.2) is 48.0 Å². The Morgan fingerprint density at radius 1 is 1.08 bits per heavy atom. The quantitative estimate of drug-likeness (QED) is 0.136. The van der Waals surface area contributed by atoms with Crippen molar-refractivity contribution in [3.63, 3.8) is 0 Å². The van der Waals surface area contributed by atoms with Crippen molar-refractivity contribution < 1.29 is 28.5 Å². The van der Waals surface area contributed by atoms with Gasteiger partial charge >= 0.3 is 11.9 Å². The Morgan fingerprint density at radius 3 is 2.37 bits per heavy atom. The molecule has 1 aromatic rings. The molecular formula is C29H49N2O6P. The van der Waals surface area contributed by atoms with Gasteiger partial charge in [-0.15, -0.1) is 0 Å². The zero-order valence-electron chi connectivity index (χ0n) is 23.5. The van der Waals surface area contributed by atoms with E-state index in [-0.39, 0.29) is 25.3 Å². The highest BCUT2D eigenvalue weighted by atomic mass is 31.2. The molecule has 9 heteroatoms. The van der Waals surface area contributed by atoms with Gasteiger partial charge in [0.1, 0.15) is 12.6 Å². The summed E-state index contributed by atoms with van der Waals surface area (Å²) in [6.07, 6.45) is 7.58. The van der Waals surface area contributed by atoms with Crippen LogP contribution in [0.4, 0.5) is 0 Å². The van der Waals surface area contributed by atoms with Gasteiger partial charge in [-0.2, -0.15) is 0 Å². The molecule has 1 aromatic carbocycles. The molecule has 4 unspecified atom stereocenters. The molecule has 4 atom stereocenters. The number of hydrogen-bond acceptors (Lipinski definition) is 7. The van der Waals surface area contributed by atoms with E-state index in [0.717, 1.165) is 37.7 Å². The van der Waals surface area contributed by atoms with Crippen molar-refractivity contribution in [1.82, 2.24) is 5.32 Å². The second-order valence-electron chi connectivity index (χ2n) is 10.9. The molecule has 4 N–H and O–H groups in total. The van der Waals surface area contributed by atoms with Gasteiger partial charge in [-0.25, -0.2) is 0 Å². The van der Waals surface area contributed by atoms with Crippen molar-refractivity contribution >= 4 is 19.3 Å². The Morgan fingerprint density at radius 2 is 1.76 bits per heavy atom. The van der Waals surface area contributed by atoms with E-state index in [4.69, 9.17) is 15.2 Å². The lowest BCUT2D eigenvalue weighted by molar-refractivity contribution is -0.149. The van der Waals surface area contributed by atoms with Crippen LogP contribution in [0, 0.1) is 17.8 Å². The molecular weight excluding hydrogens is 503 g/mol. The lowest BCUT2D eigenvalue weighted by Gasteiger charge is -2.34. The topological polar surface area (TPSA) is 128 Å². The van der Waals surface area contributed by atoms with Gasteiger partial charge in [0, 0.05) is 6.16 Å². The number of ether oxygens (including phenoxy) is 2. The number of nitrogens with one attached hydrogen (secondary N) is 1. The van der Waals surface area contributed by atoms with E-state index >= 15 is 0 Å². The molecule has 0 saturated heterocycles. The van der Waals surface area contributed by atoms with Gasteiger partial charge in [-0.05, 0) is 50.1 Å². The predicted molar refractivity (Wildman–Crippen MR) is 151 cm³/mol. The van der Waals surface area contributed by atoms with Gasteiger partial charge in [0.15, 0.2) is 0 Å². The first-order chi connectivity index (χ1) is 18.2. The van der Waals surface area contributed by atoms with Crippen LogP contribution in [0.25, 0.3) is 0 Å². The molecule has 38 heavy (non-hydrogen) atoms. The third-order valence-corrected chi connectivity index (χ3v) is 9.72. The Bertz CT molecular complexity index is 875. The molecule has 8 nitrogen and oxygen atoms in total. The number of esters is 2. The number of carbonyl (C=O) groups is 2. The maximum Gasteiger partial charge on any atom is 0.323 e. The van der Waals surface area contributed by atoms with Crippen LogP contribution in [0.3, 0.4) is 0 Å². The van der Waals surface area contributed by atoms with Crippen LogP contribution in [0.1, 0.15) is 84.1 Å². The molecule has 0 spiro atoms. The summed E-state index contributed by atoms with van der Waals surface area (Å²) in [5.41, 5.74) is 6.57. The van der Waals surface area contributed by atoms with E-state index in [1.165, 1.54) is 6.42 Å². The summed E-state index contributed by atoms with van der Waals surface area (Å²) >= 11 is 0. The highest BCUT2D eigenvalue weighted by Crippen LogP contribution is 2.51. The van der Waals surface area contributed by atoms with Crippen LogP contribution in [-0.2, 0) is 30.2 Å². The third kappa shape index (κ3) is 11.2. The van der Waals surface area contributed by atoms with Gasteiger partial charge in [-0.3, -0.25) is 19.5 Å². The molecule has 1 saturated carbocycles. The monoisotopic (exact) mass is 552 g/mol. The van der Waals surface area contributed by atoms with Crippen LogP contribution >= 0.6 is 7.37 Å². The molecule has 0 aromatic heterocycles. The smallest absolute Gasteiger partial charge is 0.323 e. The number of rotatable bonds is 17. The Balaban J connectivity index is 2.25. The minimum atomic E-state index is -3.91. The van der Waals surface area contributed by atoms with Crippen molar-refractivity contribution in [3.05, 3.63) is 35.9 Å². The van der Waals surface area contributed by atoms with Crippen molar-refractivity contribution in [2.24, 2.45) is 23.5 Å². The van der Waals surface area contributed by atoms with Crippen LogP contribution in [0.15, 0.2) is 30.3 Å². The van der Waals surface area contributed by atoms with Gasteiger partial charge < -0.3 is 20.1 Å². The second kappa shape index (κ2) is 17.1. The summed E-state index contributed by atoms with van der Waals surface area (Å²) in [7, 11) is -3.91. The normalized spacial score (nSPS) is 18.4. The molecule has 0 aliphatic heterocycles. The lowest BCUT2D eigenvalue weighted by Crippen LogP contribution is -2.46. The maximum absolute atomic E-state index is 14.0. The Kier molecular flexibility index (Phi) is 14.6. The van der Waals surface area contributed by atoms with E-state index in [1.54, 1.807) is 6.92 Å². The average Bonchev–Trinajstić information content (AvgIpc) is 2.90. The number of benzene rings is 1. The minimum Gasteiger partial charge on any atom is -0.466 e. The Labute approximate surface area is 228 Å². The first kappa shape index (κ1) is 32.5. The van der Waals surface area contributed by atoms with E-state index in [9.17, 15) is 19.0 Å². The highest BCUT2D eigenvalue weighted by molar-refractivity contribution is 7.58. The zero-order chi connectivity index (χ0) is 28.0. The highest BCUT2D eigenvalue weighted by Gasteiger charge is 2.41. The summed E-state index contributed by atoms with van der Waals surface area (Å²) in [5.74, 6) is -2.25. The van der Waals surface area contributed by atoms with Gasteiger partial charge in [0.25, 0.3) is 0 Å². The first-order valence-electron chi connectivity index (χ1n) is 14.3. The van der Waals surface area contributed by atoms with E-state index in [1.807, 2.05) is 44.2 Å². The van der Waals surface area contributed by atoms with E-state index in [2.05, 4.69) is 5.32 Å². The zero-order valence-corrected chi connectivity index (χ0v) is 24.4. The average molecular weight is 553 g/mol. The largest absolute Gasteiger partial charge is 0.466 e. The van der Waals surface area contributed by atoms with Crippen molar-refractivity contribution in [1.29, 1.82) is 0 Å². The summed E-state index contributed by atoms with van der Waals surface area (Å²) in [4.78, 5) is 37.3. The number of unbranched alkanes of at least 4 members (excludes halogenated alkanes) is 1. The predicted octanol–water partition coefficient (Wildman–Crippen LogP) is 5.22. The summed E-state index contributed by atoms with van der Waals surface area (Å²) in [5, 5.41) is 3.27. The van der Waals surface area contributed by atoms with Crippen LogP contribution in [0.5, 0.6) is 0 Å². The standard InChI is InChI=1S/C29H49N2O6P/c1-4-36-28(32)25(22(2)3)21-38(34,35)27(19-23-13-7-5-8-14-23)31-26(17-11-12-18-30)29(33)37-20-24-15-9-6-10-16-24/h6,9-10,15-16,22-23,25-27,31H,4-5,7-8,11-14,17-21,30H2,1-3H3,(H,34,35). The fourth-order valence-electron chi connectivity index (χ4n) is 5.13. The number of carbonyl (C=O) groups excluding carboxylic acids is 2. The maximum atomic E-state index is 14.0. The molecule has 2 rings (SSSR count). The lowest BCUT2D eigenvalue weighted by atomic mass is 9.87. The fraction of sp³-hybridized carbons (Fsp3) is 0.724. The van der Waals surface area contributed by atoms with Gasteiger partial charge in [-0.1, -0.05) is 82.7 Å². The minimum absolute atomic E-state index is 0.136. The van der Waals surface area contributed by atoms with Crippen molar-refractivity contribution in [3.8, 4) is 0 Å². The molecule has 0 bridgehead atoms. The molecule has 0 heterocycles. The number of nitrogens with two attached hydrogens (primary N) is 1. The van der Waals surface area contributed by atoms with Gasteiger partial charge in [0.2, 0.25) is 7.37 Å². The molecule has 1 aliphatic carbocycles. The van der Waals surface area contributed by atoms with Crippen molar-refractivity contribution in [2.75, 3.05) is 19.3 Å². The van der Waals surface area contributed by atoms with E-state index in [0.29, 0.717) is 31.7 Å². The van der Waals surface area contributed by atoms with E-state index < -0.39 is 37.1 Å². The first-order valence-corrected chi connectivity index (χ1v) is 16.2. The fourth-order valence-corrected chi connectivity index (χ4v) is 7.56. The molecule has 1 aliphatic rings. The molecule has 216 valence electrons. The molecule has 0 radical (unpaired) electrons. The van der Waals surface area contributed by atoms with Crippen LogP contribution in [0.2, 0.25) is 0 Å². The summed E-state index contributed by atoms with van der Waals surface area (Å²) < 4.78 is 24.8. The second-order valence-corrected chi connectivity index (χ2v) is 13.4.